The fourth-order valence-electron chi connectivity index (χ4n) is 3.13. The number of carbonyl (C=O) groups is 1. The molecule has 1 aromatic heterocycles. The number of nitrogens with zero attached hydrogens (tertiary/aromatic N) is 2. The largest absolute Gasteiger partial charge is 0.321 e. The number of halogens is 2. The molecule has 0 saturated heterocycles. The zero-order valence-electron chi connectivity index (χ0n) is 17.0. The highest BCUT2D eigenvalue weighted by atomic mass is 32.1. The molecule has 0 aliphatic carbocycles. The third-order valence-corrected chi connectivity index (χ3v) is 5.73. The standard InChI is InChI=1S/C25H15F2N3O2S/c26-17-9-11-19(12-10-17)29-23(31)21(15-28)25-30(20-7-2-1-3-8-20)24(32)22(33-25)14-16-5-4-6-18(27)13-16/h1-14H,(H,29,31)/b22-14+,25-21+. The molecule has 0 unspecified atom stereocenters. The number of nitriles is 1. The number of rotatable bonds is 4. The number of amides is 1. The monoisotopic (exact) mass is 459 g/mol. The molecule has 0 fully saturated rings. The molecule has 0 radical (unpaired) electrons. The van der Waals surface area contributed by atoms with Gasteiger partial charge in [-0.05, 0) is 60.2 Å². The fourth-order valence-corrected chi connectivity index (χ4v) is 4.23. The highest BCUT2D eigenvalue weighted by Gasteiger charge is 2.17. The maximum absolute atomic E-state index is 13.6. The first-order chi connectivity index (χ1) is 16.0. The number of hydrogen-bond acceptors (Lipinski definition) is 4. The summed E-state index contributed by atoms with van der Waals surface area (Å²) in [6, 6.07) is 21.3. The Morgan fingerprint density at radius 1 is 0.970 bits per heavy atom. The van der Waals surface area contributed by atoms with E-state index in [9.17, 15) is 23.6 Å². The van der Waals surface area contributed by atoms with Gasteiger partial charge in [-0.15, -0.1) is 11.3 Å². The first-order valence-electron chi connectivity index (χ1n) is 9.72. The van der Waals surface area contributed by atoms with Crippen molar-refractivity contribution in [3.63, 3.8) is 0 Å². The Labute approximate surface area is 190 Å². The third kappa shape index (κ3) is 4.79. The van der Waals surface area contributed by atoms with Crippen LogP contribution in [0.4, 0.5) is 14.5 Å². The van der Waals surface area contributed by atoms with E-state index in [4.69, 9.17) is 0 Å². The van der Waals surface area contributed by atoms with Crippen LogP contribution in [0.25, 0.3) is 17.3 Å². The second kappa shape index (κ2) is 9.42. The molecule has 1 N–H and O–H groups in total. The number of thiazole rings is 1. The summed E-state index contributed by atoms with van der Waals surface area (Å²) in [6.07, 6.45) is 1.51. The Bertz CT molecular complexity index is 1550. The van der Waals surface area contributed by atoms with E-state index >= 15 is 0 Å². The molecule has 0 atom stereocenters. The van der Waals surface area contributed by atoms with Gasteiger partial charge in [0.25, 0.3) is 11.5 Å². The molecule has 162 valence electrons. The maximum atomic E-state index is 13.6. The Kier molecular flexibility index (Phi) is 6.24. The minimum absolute atomic E-state index is 0.121. The number of aromatic nitrogens is 1. The van der Waals surface area contributed by atoms with Crippen LogP contribution < -0.4 is 20.1 Å². The van der Waals surface area contributed by atoms with E-state index in [0.29, 0.717) is 16.9 Å². The quantitative estimate of drug-likeness (QED) is 0.509. The summed E-state index contributed by atoms with van der Waals surface area (Å²) >= 11 is 0.948. The Balaban J connectivity index is 1.94. The first kappa shape index (κ1) is 21.9. The molecular weight excluding hydrogens is 444 g/mol. The van der Waals surface area contributed by atoms with Gasteiger partial charge in [0.05, 0.1) is 10.2 Å². The highest BCUT2D eigenvalue weighted by Crippen LogP contribution is 2.11. The summed E-state index contributed by atoms with van der Waals surface area (Å²) < 4.78 is 28.4. The topological polar surface area (TPSA) is 74.9 Å². The van der Waals surface area contributed by atoms with Crippen molar-refractivity contribution < 1.29 is 13.6 Å². The number of hydrogen-bond donors (Lipinski definition) is 1. The van der Waals surface area contributed by atoms with Crippen molar-refractivity contribution in [3.8, 4) is 11.8 Å². The van der Waals surface area contributed by atoms with Gasteiger partial charge in [-0.25, -0.2) is 8.78 Å². The maximum Gasteiger partial charge on any atom is 0.273 e. The predicted octanol–water partition coefficient (Wildman–Crippen LogP) is 3.32. The number of carbonyl (C=O) groups excluding carboxylic acids is 1. The molecule has 1 heterocycles. The molecule has 3 aromatic carbocycles. The van der Waals surface area contributed by atoms with Crippen LogP contribution in [0.5, 0.6) is 0 Å². The van der Waals surface area contributed by atoms with Crippen LogP contribution in [0.2, 0.25) is 0 Å². The van der Waals surface area contributed by atoms with Gasteiger partial charge in [0, 0.05) is 5.69 Å². The van der Waals surface area contributed by atoms with Gasteiger partial charge in [-0.3, -0.25) is 14.2 Å². The first-order valence-corrected chi connectivity index (χ1v) is 10.5. The normalized spacial score (nSPS) is 12.2. The molecule has 8 heteroatoms. The summed E-state index contributed by atoms with van der Waals surface area (Å²) in [4.78, 5) is 26.2. The fraction of sp³-hybridized carbons (Fsp3) is 0. The lowest BCUT2D eigenvalue weighted by molar-refractivity contribution is -0.111. The van der Waals surface area contributed by atoms with Crippen molar-refractivity contribution >= 4 is 34.6 Å². The van der Waals surface area contributed by atoms with Crippen LogP contribution >= 0.6 is 11.3 Å². The third-order valence-electron chi connectivity index (χ3n) is 4.64. The second-order valence-corrected chi connectivity index (χ2v) is 7.93. The number of nitrogens with one attached hydrogen (secondary N) is 1. The van der Waals surface area contributed by atoms with Crippen LogP contribution in [0.3, 0.4) is 0 Å². The SMILES string of the molecule is N#C/C(C(=O)Nc1ccc(F)cc1)=c1\s/c(=C/c2cccc(F)c2)c(=O)n1-c1ccccc1. The lowest BCUT2D eigenvalue weighted by Crippen LogP contribution is -2.32. The van der Waals surface area contributed by atoms with Crippen molar-refractivity contribution in [2.45, 2.75) is 0 Å². The van der Waals surface area contributed by atoms with Crippen molar-refractivity contribution in [2.75, 3.05) is 5.32 Å². The van der Waals surface area contributed by atoms with E-state index in [1.807, 2.05) is 6.07 Å². The lowest BCUT2D eigenvalue weighted by atomic mass is 10.2. The molecule has 4 aromatic rings. The number of anilines is 1. The molecule has 0 saturated carbocycles. The van der Waals surface area contributed by atoms with Crippen LogP contribution in [0.15, 0.2) is 83.7 Å². The summed E-state index contributed by atoms with van der Waals surface area (Å²) in [6.45, 7) is 0. The predicted molar refractivity (Wildman–Crippen MR) is 123 cm³/mol. The van der Waals surface area contributed by atoms with Crippen molar-refractivity contribution in [1.82, 2.24) is 4.57 Å². The summed E-state index contributed by atoms with van der Waals surface area (Å²) in [7, 11) is 0. The molecule has 1 amide bonds. The molecule has 0 aliphatic rings. The average Bonchev–Trinajstić information content (AvgIpc) is 3.12. The molecule has 0 spiro atoms. The Morgan fingerprint density at radius 3 is 2.36 bits per heavy atom. The van der Waals surface area contributed by atoms with Gasteiger partial charge in [0.1, 0.15) is 22.4 Å². The molecule has 5 nitrogen and oxygen atoms in total. The lowest BCUT2D eigenvalue weighted by Gasteiger charge is -2.05. The van der Waals surface area contributed by atoms with E-state index in [-0.39, 0.29) is 14.8 Å². The van der Waals surface area contributed by atoms with Gasteiger partial charge < -0.3 is 5.32 Å². The van der Waals surface area contributed by atoms with Crippen molar-refractivity contribution in [3.05, 3.63) is 116 Å². The summed E-state index contributed by atoms with van der Waals surface area (Å²) in [5.74, 6) is -1.66. The molecule has 33 heavy (non-hydrogen) atoms. The van der Waals surface area contributed by atoms with Crippen LogP contribution in [0, 0.1) is 23.0 Å². The summed E-state index contributed by atoms with van der Waals surface area (Å²) in [5.41, 5.74) is 0.493. The van der Waals surface area contributed by atoms with Crippen LogP contribution in [0.1, 0.15) is 5.56 Å². The average molecular weight is 459 g/mol. The van der Waals surface area contributed by atoms with E-state index in [2.05, 4.69) is 5.32 Å². The van der Waals surface area contributed by atoms with E-state index in [1.54, 1.807) is 36.4 Å². The van der Waals surface area contributed by atoms with Gasteiger partial charge in [-0.2, -0.15) is 5.26 Å². The molecule has 0 aliphatic heterocycles. The smallest absolute Gasteiger partial charge is 0.273 e. The van der Waals surface area contributed by atoms with Gasteiger partial charge in [-0.1, -0.05) is 30.3 Å². The Morgan fingerprint density at radius 2 is 1.70 bits per heavy atom. The van der Waals surface area contributed by atoms with Gasteiger partial charge >= 0.3 is 0 Å². The molecule has 4 rings (SSSR count). The summed E-state index contributed by atoms with van der Waals surface area (Å²) in [5, 5.41) is 12.3. The molecular formula is C25H15F2N3O2S. The zero-order valence-corrected chi connectivity index (χ0v) is 17.8. The second-order valence-electron chi connectivity index (χ2n) is 6.89. The Hall–Kier alpha value is -4.35. The zero-order chi connectivity index (χ0) is 23.4. The number of para-hydroxylation sites is 1. The van der Waals surface area contributed by atoms with Crippen LogP contribution in [-0.2, 0) is 4.79 Å². The van der Waals surface area contributed by atoms with E-state index in [1.165, 1.54) is 53.1 Å². The van der Waals surface area contributed by atoms with E-state index in [0.717, 1.165) is 11.3 Å². The van der Waals surface area contributed by atoms with Gasteiger partial charge in [0.15, 0.2) is 5.57 Å². The van der Waals surface area contributed by atoms with Gasteiger partial charge in [0.2, 0.25) is 0 Å². The van der Waals surface area contributed by atoms with Crippen molar-refractivity contribution in [1.29, 1.82) is 5.26 Å². The minimum Gasteiger partial charge on any atom is -0.321 e. The van der Waals surface area contributed by atoms with E-state index < -0.39 is 23.1 Å². The highest BCUT2D eigenvalue weighted by molar-refractivity contribution is 7.07. The van der Waals surface area contributed by atoms with Crippen LogP contribution in [-0.4, -0.2) is 10.5 Å². The molecule has 0 bridgehead atoms. The number of benzene rings is 3. The van der Waals surface area contributed by atoms with Crippen molar-refractivity contribution in [2.24, 2.45) is 0 Å². The minimum atomic E-state index is -0.743.